The highest BCUT2D eigenvalue weighted by Crippen LogP contribution is 2.26. The standard InChI is InChI=1S/C15H18BrClN2O2/c16-13-5-1-4-12(14(13)17)15(20)18-7-11-8-19-6-2-3-10(19)9-21-11/h1,4-5,10-11H,2-3,6-9H2,(H,18,20). The van der Waals surface area contributed by atoms with E-state index in [4.69, 9.17) is 16.3 Å². The second-order valence-corrected chi connectivity index (χ2v) is 6.79. The number of benzene rings is 1. The van der Waals surface area contributed by atoms with E-state index in [9.17, 15) is 4.79 Å². The van der Waals surface area contributed by atoms with Crippen LogP contribution in [0.4, 0.5) is 0 Å². The van der Waals surface area contributed by atoms with Crippen LogP contribution in [-0.2, 0) is 4.74 Å². The zero-order valence-corrected chi connectivity index (χ0v) is 14.0. The van der Waals surface area contributed by atoms with Gasteiger partial charge in [0.1, 0.15) is 0 Å². The topological polar surface area (TPSA) is 41.6 Å². The number of amides is 1. The van der Waals surface area contributed by atoms with Gasteiger partial charge in [0.25, 0.3) is 5.91 Å². The lowest BCUT2D eigenvalue weighted by Crippen LogP contribution is -2.50. The predicted octanol–water partition coefficient (Wildman–Crippen LogP) is 2.70. The fourth-order valence-corrected chi connectivity index (χ4v) is 3.57. The van der Waals surface area contributed by atoms with Crippen LogP contribution in [-0.4, -0.2) is 49.2 Å². The molecule has 1 aromatic rings. The van der Waals surface area contributed by atoms with Crippen molar-refractivity contribution in [2.45, 2.75) is 25.0 Å². The van der Waals surface area contributed by atoms with Crippen LogP contribution in [0.1, 0.15) is 23.2 Å². The van der Waals surface area contributed by atoms with Crippen molar-refractivity contribution in [3.05, 3.63) is 33.3 Å². The third kappa shape index (κ3) is 3.42. The molecule has 21 heavy (non-hydrogen) atoms. The summed E-state index contributed by atoms with van der Waals surface area (Å²) in [6.07, 6.45) is 2.54. The van der Waals surface area contributed by atoms with Crippen molar-refractivity contribution in [3.8, 4) is 0 Å². The van der Waals surface area contributed by atoms with Crippen LogP contribution in [0.5, 0.6) is 0 Å². The number of nitrogens with one attached hydrogen (secondary N) is 1. The lowest BCUT2D eigenvalue weighted by atomic mass is 10.1. The fraction of sp³-hybridized carbons (Fsp3) is 0.533. The first-order valence-corrected chi connectivity index (χ1v) is 8.40. The summed E-state index contributed by atoms with van der Waals surface area (Å²) in [5, 5.41) is 3.36. The van der Waals surface area contributed by atoms with Gasteiger partial charge in [0.05, 0.1) is 23.3 Å². The van der Waals surface area contributed by atoms with E-state index in [1.54, 1.807) is 12.1 Å². The van der Waals surface area contributed by atoms with Gasteiger partial charge in [-0.2, -0.15) is 0 Å². The van der Waals surface area contributed by atoms with Crippen molar-refractivity contribution >= 4 is 33.4 Å². The smallest absolute Gasteiger partial charge is 0.252 e. The van der Waals surface area contributed by atoms with Crippen molar-refractivity contribution in [1.29, 1.82) is 0 Å². The Morgan fingerprint density at radius 3 is 3.24 bits per heavy atom. The molecule has 114 valence electrons. The van der Waals surface area contributed by atoms with E-state index < -0.39 is 0 Å². The minimum Gasteiger partial charge on any atom is -0.373 e. The Balaban J connectivity index is 1.55. The summed E-state index contributed by atoms with van der Waals surface area (Å²) < 4.78 is 6.56. The largest absolute Gasteiger partial charge is 0.373 e. The summed E-state index contributed by atoms with van der Waals surface area (Å²) in [4.78, 5) is 14.7. The lowest BCUT2D eigenvalue weighted by molar-refractivity contribution is -0.0461. The van der Waals surface area contributed by atoms with Gasteiger partial charge in [0.2, 0.25) is 0 Å². The average molecular weight is 374 g/mol. The summed E-state index contributed by atoms with van der Waals surface area (Å²) in [6.45, 7) is 3.34. The highest BCUT2D eigenvalue weighted by atomic mass is 79.9. The third-order valence-corrected chi connectivity index (χ3v) is 5.44. The van der Waals surface area contributed by atoms with Gasteiger partial charge in [-0.05, 0) is 47.4 Å². The molecule has 0 aromatic heterocycles. The molecule has 1 amide bonds. The molecule has 2 atom stereocenters. The highest BCUT2D eigenvalue weighted by Gasteiger charge is 2.32. The maximum absolute atomic E-state index is 12.2. The van der Waals surface area contributed by atoms with Crippen LogP contribution in [0.25, 0.3) is 0 Å². The second kappa shape index (κ2) is 6.65. The minimum absolute atomic E-state index is 0.0641. The SMILES string of the molecule is O=C(NCC1CN2CCCC2CO1)c1cccc(Br)c1Cl. The molecule has 1 aromatic carbocycles. The van der Waals surface area contributed by atoms with E-state index in [-0.39, 0.29) is 12.0 Å². The molecule has 2 aliphatic rings. The number of carbonyl (C=O) groups excluding carboxylic acids is 1. The second-order valence-electron chi connectivity index (χ2n) is 5.56. The Morgan fingerprint density at radius 2 is 2.38 bits per heavy atom. The molecule has 2 heterocycles. The first-order valence-electron chi connectivity index (χ1n) is 7.23. The molecule has 6 heteroatoms. The Kier molecular flexibility index (Phi) is 4.84. The average Bonchev–Trinajstić information content (AvgIpc) is 2.95. The molecule has 2 unspecified atom stereocenters. The van der Waals surface area contributed by atoms with E-state index >= 15 is 0 Å². The molecule has 2 saturated heterocycles. The quantitative estimate of drug-likeness (QED) is 0.886. The van der Waals surface area contributed by atoms with E-state index in [0.717, 1.165) is 24.2 Å². The molecule has 1 N–H and O–H groups in total. The van der Waals surface area contributed by atoms with Gasteiger partial charge in [-0.25, -0.2) is 0 Å². The number of fused-ring (bicyclic) bond motifs is 1. The normalized spacial score (nSPS) is 25.6. The molecule has 3 rings (SSSR count). The third-order valence-electron chi connectivity index (χ3n) is 4.15. The van der Waals surface area contributed by atoms with Crippen molar-refractivity contribution in [2.24, 2.45) is 0 Å². The number of carbonyl (C=O) groups is 1. The molecule has 0 bridgehead atoms. The molecule has 4 nitrogen and oxygen atoms in total. The Morgan fingerprint density at radius 1 is 1.52 bits per heavy atom. The lowest BCUT2D eigenvalue weighted by Gasteiger charge is -2.35. The summed E-state index contributed by atoms with van der Waals surface area (Å²) in [6, 6.07) is 5.92. The van der Waals surface area contributed by atoms with E-state index in [1.807, 2.05) is 6.07 Å². The summed E-state index contributed by atoms with van der Waals surface area (Å²) in [5.74, 6) is -0.159. The Hall–Kier alpha value is -0.620. The van der Waals surface area contributed by atoms with Crippen molar-refractivity contribution in [1.82, 2.24) is 10.2 Å². The molecule has 0 radical (unpaired) electrons. The van der Waals surface area contributed by atoms with Crippen LogP contribution >= 0.6 is 27.5 Å². The van der Waals surface area contributed by atoms with Crippen molar-refractivity contribution in [3.63, 3.8) is 0 Å². The highest BCUT2D eigenvalue weighted by molar-refractivity contribution is 9.10. The molecular weight excluding hydrogens is 356 g/mol. The van der Waals surface area contributed by atoms with Crippen LogP contribution in [0.2, 0.25) is 5.02 Å². The van der Waals surface area contributed by atoms with Gasteiger partial charge in [0, 0.05) is 23.6 Å². The number of morpholine rings is 1. The number of hydrogen-bond acceptors (Lipinski definition) is 3. The van der Waals surface area contributed by atoms with Crippen molar-refractivity contribution < 1.29 is 9.53 Å². The van der Waals surface area contributed by atoms with E-state index in [0.29, 0.717) is 23.2 Å². The maximum atomic E-state index is 12.2. The van der Waals surface area contributed by atoms with Gasteiger partial charge in [0.15, 0.2) is 0 Å². The number of ether oxygens (including phenoxy) is 1. The molecule has 2 aliphatic heterocycles. The maximum Gasteiger partial charge on any atom is 0.252 e. The van der Waals surface area contributed by atoms with Gasteiger partial charge in [-0.3, -0.25) is 9.69 Å². The Labute approximate surface area is 137 Å². The molecule has 0 spiro atoms. The first kappa shape index (κ1) is 15.3. The zero-order chi connectivity index (χ0) is 14.8. The molecule has 2 fully saturated rings. The van der Waals surface area contributed by atoms with E-state index in [1.165, 1.54) is 12.8 Å². The minimum atomic E-state index is -0.159. The number of rotatable bonds is 3. The fourth-order valence-electron chi connectivity index (χ4n) is 2.99. The van der Waals surface area contributed by atoms with Gasteiger partial charge in [-0.1, -0.05) is 17.7 Å². The molecular formula is C15H18BrClN2O2. The van der Waals surface area contributed by atoms with Crippen molar-refractivity contribution in [2.75, 3.05) is 26.2 Å². The van der Waals surface area contributed by atoms with Crippen LogP contribution in [0.15, 0.2) is 22.7 Å². The summed E-state index contributed by atoms with van der Waals surface area (Å²) in [5.41, 5.74) is 0.487. The number of nitrogens with zero attached hydrogens (tertiary/aromatic N) is 1. The van der Waals surface area contributed by atoms with Crippen LogP contribution in [0, 0.1) is 0 Å². The van der Waals surface area contributed by atoms with Gasteiger partial charge < -0.3 is 10.1 Å². The number of hydrogen-bond donors (Lipinski definition) is 1. The van der Waals surface area contributed by atoms with Gasteiger partial charge in [-0.15, -0.1) is 0 Å². The predicted molar refractivity (Wildman–Crippen MR) is 85.8 cm³/mol. The molecule has 0 aliphatic carbocycles. The van der Waals surface area contributed by atoms with E-state index in [2.05, 4.69) is 26.1 Å². The molecule has 0 saturated carbocycles. The number of halogens is 2. The van der Waals surface area contributed by atoms with Crippen LogP contribution in [0.3, 0.4) is 0 Å². The summed E-state index contributed by atoms with van der Waals surface area (Å²) >= 11 is 9.46. The summed E-state index contributed by atoms with van der Waals surface area (Å²) in [7, 11) is 0. The zero-order valence-electron chi connectivity index (χ0n) is 11.6. The van der Waals surface area contributed by atoms with Crippen LogP contribution < -0.4 is 5.32 Å². The Bertz CT molecular complexity index is 540. The van der Waals surface area contributed by atoms with Gasteiger partial charge >= 0.3 is 0 Å². The first-order chi connectivity index (χ1) is 10.1. The monoisotopic (exact) mass is 372 g/mol.